The van der Waals surface area contributed by atoms with E-state index in [1.54, 1.807) is 18.2 Å². The van der Waals surface area contributed by atoms with E-state index in [2.05, 4.69) is 5.32 Å². The number of nitrogen functional groups attached to an aromatic ring is 1. The largest absolute Gasteiger partial charge is 0.497 e. The number of nitrogens with zero attached hydrogens (tertiary/aromatic N) is 1. The Balaban J connectivity index is 2.15. The average Bonchev–Trinajstić information content (AvgIpc) is 2.47. The van der Waals surface area contributed by atoms with Gasteiger partial charge < -0.3 is 20.7 Å². The van der Waals surface area contributed by atoms with Crippen LogP contribution in [0.4, 0.5) is 17.1 Å². The van der Waals surface area contributed by atoms with E-state index < -0.39 is 0 Å². The van der Waals surface area contributed by atoms with Crippen molar-refractivity contribution in [1.29, 1.82) is 0 Å². The lowest BCUT2D eigenvalue weighted by molar-refractivity contribution is 0.102. The molecule has 0 spiro atoms. The molecule has 21 heavy (non-hydrogen) atoms. The summed E-state index contributed by atoms with van der Waals surface area (Å²) < 4.78 is 5.11. The van der Waals surface area contributed by atoms with Crippen LogP contribution >= 0.6 is 0 Å². The third-order valence-electron chi connectivity index (χ3n) is 3.07. The van der Waals surface area contributed by atoms with Gasteiger partial charge in [-0.1, -0.05) is 0 Å². The van der Waals surface area contributed by atoms with Crippen LogP contribution in [-0.2, 0) is 0 Å². The fourth-order valence-electron chi connectivity index (χ4n) is 1.92. The Morgan fingerprint density at radius 3 is 2.38 bits per heavy atom. The third-order valence-corrected chi connectivity index (χ3v) is 3.07. The summed E-state index contributed by atoms with van der Waals surface area (Å²) in [7, 11) is 5.47. The first-order chi connectivity index (χ1) is 9.99. The van der Waals surface area contributed by atoms with Gasteiger partial charge >= 0.3 is 0 Å². The molecular weight excluding hydrogens is 266 g/mol. The number of methoxy groups -OCH3 is 1. The SMILES string of the molecule is COc1cc(N)cc(C(=O)Nc2ccc(N(C)C)cc2)c1. The number of nitrogens with one attached hydrogen (secondary N) is 1. The van der Waals surface area contributed by atoms with E-state index >= 15 is 0 Å². The molecule has 0 bridgehead atoms. The monoisotopic (exact) mass is 285 g/mol. The van der Waals surface area contributed by atoms with Crippen LogP contribution in [0.3, 0.4) is 0 Å². The lowest BCUT2D eigenvalue weighted by Crippen LogP contribution is -2.13. The second-order valence-electron chi connectivity index (χ2n) is 4.89. The number of anilines is 3. The molecule has 0 aliphatic heterocycles. The number of nitrogens with two attached hydrogens (primary N) is 1. The van der Waals surface area contributed by atoms with Gasteiger partial charge in [0.1, 0.15) is 5.75 Å². The highest BCUT2D eigenvalue weighted by Gasteiger charge is 2.09. The van der Waals surface area contributed by atoms with Crippen molar-refractivity contribution in [3.8, 4) is 5.75 Å². The number of amides is 1. The van der Waals surface area contributed by atoms with Gasteiger partial charge in [0.15, 0.2) is 0 Å². The average molecular weight is 285 g/mol. The van der Waals surface area contributed by atoms with Crippen LogP contribution in [-0.4, -0.2) is 27.1 Å². The molecule has 0 fully saturated rings. The minimum atomic E-state index is -0.224. The minimum Gasteiger partial charge on any atom is -0.497 e. The first kappa shape index (κ1) is 14.7. The quantitative estimate of drug-likeness (QED) is 0.847. The van der Waals surface area contributed by atoms with Gasteiger partial charge in [-0.3, -0.25) is 4.79 Å². The summed E-state index contributed by atoms with van der Waals surface area (Å²) in [5.41, 5.74) is 8.50. The van der Waals surface area contributed by atoms with Crippen LogP contribution < -0.4 is 20.7 Å². The Morgan fingerprint density at radius 2 is 1.81 bits per heavy atom. The number of rotatable bonds is 4. The van der Waals surface area contributed by atoms with Crippen LogP contribution in [0, 0.1) is 0 Å². The molecule has 2 rings (SSSR count). The highest BCUT2D eigenvalue weighted by atomic mass is 16.5. The molecule has 0 saturated carbocycles. The van der Waals surface area contributed by atoms with Crippen molar-refractivity contribution in [2.75, 3.05) is 37.2 Å². The molecule has 5 nitrogen and oxygen atoms in total. The van der Waals surface area contributed by atoms with Gasteiger partial charge in [-0.05, 0) is 36.4 Å². The molecule has 0 aliphatic carbocycles. The molecular formula is C16H19N3O2. The third kappa shape index (κ3) is 3.66. The number of hydrogen-bond donors (Lipinski definition) is 2. The van der Waals surface area contributed by atoms with Crippen molar-refractivity contribution in [3.63, 3.8) is 0 Å². The number of ether oxygens (including phenoxy) is 1. The normalized spacial score (nSPS) is 10.0. The van der Waals surface area contributed by atoms with Crippen LogP contribution in [0.1, 0.15) is 10.4 Å². The second kappa shape index (κ2) is 6.17. The molecule has 110 valence electrons. The molecule has 5 heteroatoms. The Kier molecular flexibility index (Phi) is 4.33. The smallest absolute Gasteiger partial charge is 0.255 e. The van der Waals surface area contributed by atoms with E-state index in [-0.39, 0.29) is 5.91 Å². The standard InChI is InChI=1S/C16H19N3O2/c1-19(2)14-6-4-13(5-7-14)18-16(20)11-8-12(17)10-15(9-11)21-3/h4-10H,17H2,1-3H3,(H,18,20). The molecule has 3 N–H and O–H groups in total. The Hall–Kier alpha value is -2.69. The molecule has 0 aromatic heterocycles. The van der Waals surface area contributed by atoms with E-state index in [0.29, 0.717) is 17.0 Å². The lowest BCUT2D eigenvalue weighted by Gasteiger charge is -2.13. The summed E-state index contributed by atoms with van der Waals surface area (Å²) in [5.74, 6) is 0.335. The zero-order chi connectivity index (χ0) is 15.4. The van der Waals surface area contributed by atoms with Gasteiger partial charge in [-0.2, -0.15) is 0 Å². The maximum Gasteiger partial charge on any atom is 0.255 e. The van der Waals surface area contributed by atoms with Gasteiger partial charge in [-0.15, -0.1) is 0 Å². The Labute approximate surface area is 124 Å². The van der Waals surface area contributed by atoms with Crippen LogP contribution in [0.5, 0.6) is 5.75 Å². The predicted molar refractivity (Wildman–Crippen MR) is 86.1 cm³/mol. The molecule has 0 unspecified atom stereocenters. The van der Waals surface area contributed by atoms with Crippen molar-refractivity contribution in [2.24, 2.45) is 0 Å². The van der Waals surface area contributed by atoms with Crippen LogP contribution in [0.2, 0.25) is 0 Å². The maximum absolute atomic E-state index is 12.2. The van der Waals surface area contributed by atoms with Gasteiger partial charge in [0.05, 0.1) is 7.11 Å². The zero-order valence-corrected chi connectivity index (χ0v) is 12.4. The van der Waals surface area contributed by atoms with E-state index in [1.807, 2.05) is 43.3 Å². The summed E-state index contributed by atoms with van der Waals surface area (Å²) in [6.07, 6.45) is 0. The van der Waals surface area contributed by atoms with Gasteiger partial charge in [0.25, 0.3) is 5.91 Å². The molecule has 0 aliphatic rings. The molecule has 0 heterocycles. The first-order valence-electron chi connectivity index (χ1n) is 6.53. The van der Waals surface area contributed by atoms with Crippen molar-refractivity contribution in [3.05, 3.63) is 48.0 Å². The second-order valence-corrected chi connectivity index (χ2v) is 4.89. The lowest BCUT2D eigenvalue weighted by atomic mass is 10.1. The van der Waals surface area contributed by atoms with Crippen molar-refractivity contribution < 1.29 is 9.53 Å². The van der Waals surface area contributed by atoms with Gasteiger partial charge in [0.2, 0.25) is 0 Å². The molecule has 2 aromatic rings. The van der Waals surface area contributed by atoms with Crippen molar-refractivity contribution >= 4 is 23.0 Å². The number of hydrogen-bond acceptors (Lipinski definition) is 4. The Morgan fingerprint density at radius 1 is 1.14 bits per heavy atom. The van der Waals surface area contributed by atoms with E-state index in [0.717, 1.165) is 11.4 Å². The summed E-state index contributed by atoms with van der Waals surface area (Å²) >= 11 is 0. The summed E-state index contributed by atoms with van der Waals surface area (Å²) in [6, 6.07) is 12.5. The number of carbonyl (C=O) groups is 1. The van der Waals surface area contributed by atoms with Gasteiger partial charge in [0, 0.05) is 42.8 Å². The molecule has 1 amide bonds. The molecule has 0 saturated heterocycles. The predicted octanol–water partition coefficient (Wildman–Crippen LogP) is 2.60. The van der Waals surface area contributed by atoms with Crippen LogP contribution in [0.25, 0.3) is 0 Å². The van der Waals surface area contributed by atoms with Gasteiger partial charge in [-0.25, -0.2) is 0 Å². The molecule has 0 atom stereocenters. The van der Waals surface area contributed by atoms with E-state index in [4.69, 9.17) is 10.5 Å². The zero-order valence-electron chi connectivity index (χ0n) is 12.4. The maximum atomic E-state index is 12.2. The van der Waals surface area contributed by atoms with E-state index in [9.17, 15) is 4.79 Å². The van der Waals surface area contributed by atoms with E-state index in [1.165, 1.54) is 7.11 Å². The topological polar surface area (TPSA) is 67.6 Å². The Bertz CT molecular complexity index is 636. The highest BCUT2D eigenvalue weighted by Crippen LogP contribution is 2.20. The molecule has 0 radical (unpaired) electrons. The fraction of sp³-hybridized carbons (Fsp3) is 0.188. The first-order valence-corrected chi connectivity index (χ1v) is 6.53. The number of benzene rings is 2. The fourth-order valence-corrected chi connectivity index (χ4v) is 1.92. The molecule has 2 aromatic carbocycles. The van der Waals surface area contributed by atoms with Crippen molar-refractivity contribution in [1.82, 2.24) is 0 Å². The summed E-state index contributed by atoms with van der Waals surface area (Å²) in [6.45, 7) is 0. The highest BCUT2D eigenvalue weighted by molar-refractivity contribution is 6.05. The summed E-state index contributed by atoms with van der Waals surface area (Å²) in [4.78, 5) is 14.2. The van der Waals surface area contributed by atoms with Crippen molar-refractivity contribution in [2.45, 2.75) is 0 Å². The number of carbonyl (C=O) groups excluding carboxylic acids is 1. The minimum absolute atomic E-state index is 0.224. The van der Waals surface area contributed by atoms with Crippen LogP contribution in [0.15, 0.2) is 42.5 Å². The summed E-state index contributed by atoms with van der Waals surface area (Å²) in [5, 5.41) is 2.83.